The molecule has 10 heterocycles. The van der Waals surface area contributed by atoms with Gasteiger partial charge in [-0.3, -0.25) is 14.4 Å². The molecule has 79 heavy (non-hydrogen) atoms. The van der Waals surface area contributed by atoms with E-state index < -0.39 is 30.0 Å². The molecule has 3 amide bonds. The van der Waals surface area contributed by atoms with Crippen molar-refractivity contribution >= 4 is 105 Å². The second-order valence-electron chi connectivity index (χ2n) is 22.4. The van der Waals surface area contributed by atoms with Gasteiger partial charge in [0.25, 0.3) is 17.7 Å². The van der Waals surface area contributed by atoms with Gasteiger partial charge in [0.2, 0.25) is 0 Å². The number of hydrogen-bond donors (Lipinski definition) is 4. The molecule has 4 bridgehead atoms. The normalized spacial score (nSPS) is 26.3. The number of benzene rings is 7. The number of nitrogens with one attached hydrogen (secondary N) is 3. The molecule has 2 saturated heterocycles. The van der Waals surface area contributed by atoms with E-state index in [0.717, 1.165) is 98.4 Å². The van der Waals surface area contributed by atoms with Crippen LogP contribution in [-0.2, 0) is 36.9 Å². The van der Waals surface area contributed by atoms with Crippen molar-refractivity contribution in [3.8, 4) is 0 Å². The van der Waals surface area contributed by atoms with Gasteiger partial charge in [0, 0.05) is 101 Å². The number of aliphatic hydroxyl groups is 1. The molecule has 17 rings (SSSR count). The lowest BCUT2D eigenvalue weighted by molar-refractivity contribution is -0.264. The van der Waals surface area contributed by atoms with Crippen molar-refractivity contribution in [2.24, 2.45) is 0 Å². The molecule has 16 heteroatoms. The zero-order chi connectivity index (χ0) is 53.7. The number of aliphatic hydroxyl groups excluding tert-OH is 1. The van der Waals surface area contributed by atoms with Gasteiger partial charge < -0.3 is 63.2 Å². The second-order valence-corrected chi connectivity index (χ2v) is 22.4. The Labute approximate surface area is 451 Å². The fourth-order valence-electron chi connectivity index (χ4n) is 15.7. The first-order valence-corrected chi connectivity index (χ1v) is 27.1. The van der Waals surface area contributed by atoms with Gasteiger partial charge in [0.05, 0.1) is 61.3 Å². The Morgan fingerprint density at radius 1 is 0.633 bits per heavy atom. The number of rotatable bonds is 5. The molecule has 396 valence electrons. The molecule has 6 aliphatic heterocycles. The lowest BCUT2D eigenvalue weighted by Gasteiger charge is -2.50. The molecule has 0 spiro atoms. The molecule has 4 aromatic heterocycles. The number of para-hydroxylation sites is 4. The van der Waals surface area contributed by atoms with Crippen LogP contribution < -0.4 is 16.0 Å². The molecule has 7 aromatic carbocycles. The van der Waals surface area contributed by atoms with Gasteiger partial charge in [-0.15, -0.1) is 0 Å². The van der Waals surface area contributed by atoms with Crippen LogP contribution in [0.25, 0.3) is 87.2 Å². The third kappa shape index (κ3) is 5.74. The summed E-state index contributed by atoms with van der Waals surface area (Å²) < 4.78 is 35.9. The number of amides is 3. The summed E-state index contributed by atoms with van der Waals surface area (Å²) in [6, 6.07) is 42.0. The van der Waals surface area contributed by atoms with E-state index in [2.05, 4.69) is 96.6 Å². The predicted molar refractivity (Wildman–Crippen MR) is 302 cm³/mol. The average molecular weight is 1050 g/mol. The second kappa shape index (κ2) is 16.3. The highest BCUT2D eigenvalue weighted by Crippen LogP contribution is 2.57. The van der Waals surface area contributed by atoms with Crippen LogP contribution in [0.3, 0.4) is 0 Å². The van der Waals surface area contributed by atoms with Gasteiger partial charge in [0.15, 0.2) is 17.7 Å². The number of fused-ring (bicyclic) bond motifs is 26. The van der Waals surface area contributed by atoms with Crippen LogP contribution >= 0.6 is 0 Å². The summed E-state index contributed by atoms with van der Waals surface area (Å²) in [5.74, 6) is -0.355. The minimum atomic E-state index is -1.09. The zero-order valence-corrected chi connectivity index (χ0v) is 44.3. The molecule has 0 aliphatic carbocycles. The summed E-state index contributed by atoms with van der Waals surface area (Å²) >= 11 is 0. The molecule has 16 nitrogen and oxygen atoms in total. The maximum atomic E-state index is 13.9. The molecule has 4 N–H and O–H groups in total. The number of ether oxygens (including phenoxy) is 4. The molecular weight excluding hydrogens is 997 g/mol. The van der Waals surface area contributed by atoms with Crippen LogP contribution in [0.2, 0.25) is 0 Å². The summed E-state index contributed by atoms with van der Waals surface area (Å²) in [6.45, 7) is 4.65. The smallest absolute Gasteiger partial charge is 0.254 e. The summed E-state index contributed by atoms with van der Waals surface area (Å²) in [7, 11) is 7.27. The number of methoxy groups -OCH3 is 2. The average Bonchev–Trinajstić information content (AvgIpc) is 2.64. The Morgan fingerprint density at radius 2 is 1.13 bits per heavy atom. The Kier molecular flexibility index (Phi) is 9.66. The number of hydrogen-bond acceptors (Lipinski definition) is 9. The minimum Gasteiger partial charge on any atom is -0.375 e. The van der Waals surface area contributed by atoms with Gasteiger partial charge in [-0.2, -0.15) is 0 Å². The molecule has 0 saturated carbocycles. The van der Waals surface area contributed by atoms with E-state index in [1.165, 1.54) is 0 Å². The largest absolute Gasteiger partial charge is 0.375 e. The van der Waals surface area contributed by atoms with Crippen LogP contribution in [0.5, 0.6) is 0 Å². The van der Waals surface area contributed by atoms with E-state index in [1.54, 1.807) is 14.2 Å². The highest BCUT2D eigenvalue weighted by Gasteiger charge is 2.56. The van der Waals surface area contributed by atoms with Gasteiger partial charge >= 0.3 is 0 Å². The first kappa shape index (κ1) is 47.0. The van der Waals surface area contributed by atoms with E-state index in [4.69, 9.17) is 18.9 Å². The van der Waals surface area contributed by atoms with E-state index in [9.17, 15) is 19.5 Å². The summed E-state index contributed by atoms with van der Waals surface area (Å²) in [5.41, 5.74) is 9.71. The highest BCUT2D eigenvalue weighted by atomic mass is 16.6. The van der Waals surface area contributed by atoms with E-state index >= 15 is 0 Å². The number of aromatic nitrogens is 4. The first-order chi connectivity index (χ1) is 38.4. The molecule has 6 aliphatic rings. The van der Waals surface area contributed by atoms with E-state index in [1.807, 2.05) is 97.9 Å². The fraction of sp³-hybridized carbons (Fsp3) is 0.286. The lowest BCUT2D eigenvalue weighted by atomic mass is 9.91. The Balaban J connectivity index is 0.000000134. The van der Waals surface area contributed by atoms with E-state index in [0.29, 0.717) is 36.1 Å². The van der Waals surface area contributed by atoms with Crippen molar-refractivity contribution in [3.63, 3.8) is 0 Å². The van der Waals surface area contributed by atoms with Crippen molar-refractivity contribution < 1.29 is 38.4 Å². The minimum absolute atomic E-state index is 0.0289. The molecule has 9 atom stereocenters. The summed E-state index contributed by atoms with van der Waals surface area (Å²) in [4.78, 5) is 42.6. The summed E-state index contributed by atoms with van der Waals surface area (Å²) in [5, 5.41) is 28.4. The van der Waals surface area contributed by atoms with Crippen LogP contribution in [0, 0.1) is 0 Å². The maximum Gasteiger partial charge on any atom is 0.254 e. The molecule has 0 radical (unpaired) electrons. The SMILES string of the molecule is CN[C@@H]1C[C@H]2O[C@@](C)([C@@H]1OC)n1c3ccccc3c3c4c(c5c6ccccc6n2c5c31)C(=O)N[C@@H]4O.CO[C@@H]1[C@H](N(C)C(=O)c2ccccc2)C[C@H]2O[C@]1(C)n1c3ccccc3c3c4c(c5c6ccccc6n2c5c31)C(=O)NC4. The quantitative estimate of drug-likeness (QED) is 0.131. The van der Waals surface area contributed by atoms with Gasteiger partial charge in [-0.1, -0.05) is 91.0 Å². The molecule has 11 aromatic rings. The van der Waals surface area contributed by atoms with Crippen molar-refractivity contribution in [1.29, 1.82) is 0 Å². The number of likely N-dealkylation sites (N-methyl/N-ethyl adjacent to an activating group) is 2. The molecule has 2 fully saturated rings. The Hall–Kier alpha value is -8.09. The van der Waals surface area contributed by atoms with Gasteiger partial charge in [-0.25, -0.2) is 0 Å². The van der Waals surface area contributed by atoms with Crippen molar-refractivity contribution in [2.45, 2.75) is 87.7 Å². The Bertz CT molecular complexity index is 4540. The van der Waals surface area contributed by atoms with Crippen LogP contribution in [0.4, 0.5) is 0 Å². The third-order valence-corrected chi connectivity index (χ3v) is 18.7. The standard InChI is InChI=1S/C35H30N4O4.C28H26N4O4/c1-35-32(42-3)25(37(2)34(41)19-11-5-4-6-12-19)17-26(43-35)38-23-15-9-7-13-20(23)28-29-22(18-36-33(29)40)27-21-14-8-10-16-24(21)39(35)31(27)30(28)38;1-28-25(35-3)15(29-2)12-18(36-28)31-16-10-6-4-8-13(16)19-21-22(27(34)30-26(21)33)20-14-9-5-7-11-17(14)32(28)24(20)23(19)31/h4-16,25-26,32H,17-18H2,1-3H3,(H,36,40);4-11,15,18,25,27,29,34H,12H2,1-3H3,(H,30,33)/t25-,26-,32-,35+;15-,18-,25-,27-,28+/m11/s1. The topological polar surface area (TPSA) is 167 Å². The first-order valence-electron chi connectivity index (χ1n) is 27.1. The number of nitrogens with zero attached hydrogens (tertiary/aromatic N) is 5. The third-order valence-electron chi connectivity index (χ3n) is 18.7. The van der Waals surface area contributed by atoms with Crippen molar-refractivity contribution in [1.82, 2.24) is 39.1 Å². The summed E-state index contributed by atoms with van der Waals surface area (Å²) in [6.07, 6.45) is -1.33. The van der Waals surface area contributed by atoms with Crippen molar-refractivity contribution in [3.05, 3.63) is 155 Å². The predicted octanol–water partition coefficient (Wildman–Crippen LogP) is 9.75. The van der Waals surface area contributed by atoms with Gasteiger partial charge in [0.1, 0.15) is 24.7 Å². The monoisotopic (exact) mass is 1050 g/mol. The molecular formula is C63H56N8O8. The fourth-order valence-corrected chi connectivity index (χ4v) is 15.7. The maximum absolute atomic E-state index is 13.9. The highest BCUT2D eigenvalue weighted by molar-refractivity contribution is 6.32. The zero-order valence-electron chi connectivity index (χ0n) is 44.3. The lowest BCUT2D eigenvalue weighted by Crippen LogP contribution is -2.61. The van der Waals surface area contributed by atoms with Crippen molar-refractivity contribution in [2.75, 3.05) is 28.3 Å². The van der Waals surface area contributed by atoms with E-state index in [-0.39, 0.29) is 42.1 Å². The number of carbonyl (C=O) groups excluding carboxylic acids is 3. The number of carbonyl (C=O) groups is 3. The van der Waals surface area contributed by atoms with Gasteiger partial charge in [-0.05, 0) is 62.9 Å². The van der Waals surface area contributed by atoms with Crippen LogP contribution in [0.15, 0.2) is 127 Å². The molecule has 0 unspecified atom stereocenters. The van der Waals surface area contributed by atoms with Crippen LogP contribution in [-0.4, -0.2) is 98.6 Å². The Morgan fingerprint density at radius 3 is 1.71 bits per heavy atom. The van der Waals surface area contributed by atoms with Crippen LogP contribution in [0.1, 0.15) is 87.6 Å².